The highest BCUT2D eigenvalue weighted by atomic mass is 79.9. The summed E-state index contributed by atoms with van der Waals surface area (Å²) in [5, 5.41) is 2.41. The van der Waals surface area contributed by atoms with Crippen LogP contribution in [-0.2, 0) is 32.6 Å². The lowest BCUT2D eigenvalue weighted by Gasteiger charge is -2.22. The number of hydrogen-bond acceptors (Lipinski definition) is 11. The van der Waals surface area contributed by atoms with E-state index in [0.717, 1.165) is 24.3 Å². The average molecular weight is 762 g/mol. The molecular weight excluding hydrogens is 742 g/mol. The smallest absolute Gasteiger partial charge is 0.456 e. The summed E-state index contributed by atoms with van der Waals surface area (Å²) in [4.78, 5) is 38.2. The molecule has 45 heavy (non-hydrogen) atoms. The quantitative estimate of drug-likeness (QED) is 0.182. The highest BCUT2D eigenvalue weighted by Gasteiger charge is 2.32. The van der Waals surface area contributed by atoms with E-state index in [2.05, 4.69) is 30.7 Å². The van der Waals surface area contributed by atoms with Gasteiger partial charge in [-0.15, -0.1) is 0 Å². The van der Waals surface area contributed by atoms with Gasteiger partial charge in [0.05, 0.1) is 43.6 Å². The molecule has 0 saturated heterocycles. The molecule has 0 radical (unpaired) electrons. The molecule has 18 heteroatoms. The third kappa shape index (κ3) is 7.41. The second-order valence-electron chi connectivity index (χ2n) is 9.37. The molecule has 3 heterocycles. The van der Waals surface area contributed by atoms with Crippen molar-refractivity contribution in [2.45, 2.75) is 26.0 Å². The number of benzene rings is 2. The van der Waals surface area contributed by atoms with Crippen LogP contribution in [0.3, 0.4) is 0 Å². The zero-order valence-corrected chi connectivity index (χ0v) is 27.5. The molecule has 2 aliphatic heterocycles. The Bertz CT molecular complexity index is 1960. The SMILES string of the molecule is Cc1oc(=O)oc1COC(=O)C(Cc1ccc(F)c(Br)c1)NC(=O)c1cc(Cl)c(Cl)cc1NS(=O)(=O)C1=CC=CN2SNC=C12. The van der Waals surface area contributed by atoms with Gasteiger partial charge in [0, 0.05) is 18.8 Å². The Morgan fingerprint density at radius 3 is 2.67 bits per heavy atom. The van der Waals surface area contributed by atoms with Crippen molar-refractivity contribution in [2.75, 3.05) is 4.72 Å². The van der Waals surface area contributed by atoms with E-state index < -0.39 is 46.2 Å². The predicted octanol–water partition coefficient (Wildman–Crippen LogP) is 5.30. The van der Waals surface area contributed by atoms with Gasteiger partial charge in [-0.3, -0.25) is 13.8 Å². The summed E-state index contributed by atoms with van der Waals surface area (Å²) in [5.41, 5.74) is 0.290. The number of aryl methyl sites for hydroxylation is 1. The lowest BCUT2D eigenvalue weighted by Crippen LogP contribution is -2.43. The van der Waals surface area contributed by atoms with Crippen molar-refractivity contribution in [1.82, 2.24) is 14.3 Å². The zero-order valence-electron chi connectivity index (χ0n) is 22.7. The number of carbonyl (C=O) groups excluding carboxylic acids is 2. The zero-order chi connectivity index (χ0) is 32.5. The van der Waals surface area contributed by atoms with Crippen molar-refractivity contribution in [3.05, 3.63) is 119 Å². The van der Waals surface area contributed by atoms with Gasteiger partial charge in [0.25, 0.3) is 15.9 Å². The number of amides is 1. The van der Waals surface area contributed by atoms with Crippen LogP contribution >= 0.6 is 51.3 Å². The molecule has 1 aromatic heterocycles. The fourth-order valence-electron chi connectivity index (χ4n) is 4.16. The summed E-state index contributed by atoms with van der Waals surface area (Å²) in [6.07, 6.45) is 5.91. The lowest BCUT2D eigenvalue weighted by atomic mass is 10.0. The first kappa shape index (κ1) is 32.7. The molecule has 3 N–H and O–H groups in total. The van der Waals surface area contributed by atoms with Gasteiger partial charge in [0.15, 0.2) is 18.1 Å². The van der Waals surface area contributed by atoms with Gasteiger partial charge < -0.3 is 23.6 Å². The minimum atomic E-state index is -4.28. The van der Waals surface area contributed by atoms with Crippen LogP contribution in [0.2, 0.25) is 10.0 Å². The van der Waals surface area contributed by atoms with Gasteiger partial charge in [-0.1, -0.05) is 29.3 Å². The Labute approximate surface area is 277 Å². The molecule has 236 valence electrons. The van der Waals surface area contributed by atoms with Crippen LogP contribution in [0.1, 0.15) is 27.4 Å². The number of hydrogen-bond donors (Lipinski definition) is 3. The van der Waals surface area contributed by atoms with Crippen molar-refractivity contribution in [3.63, 3.8) is 0 Å². The van der Waals surface area contributed by atoms with Crippen molar-refractivity contribution >= 4 is 78.9 Å². The number of halogens is 4. The Morgan fingerprint density at radius 2 is 1.96 bits per heavy atom. The molecule has 12 nitrogen and oxygen atoms in total. The normalized spacial score (nSPS) is 14.6. The van der Waals surface area contributed by atoms with Gasteiger partial charge in [-0.25, -0.2) is 22.4 Å². The van der Waals surface area contributed by atoms with Crippen molar-refractivity contribution in [2.24, 2.45) is 0 Å². The number of anilines is 1. The van der Waals surface area contributed by atoms with Gasteiger partial charge >= 0.3 is 11.8 Å². The van der Waals surface area contributed by atoms with Gasteiger partial charge in [-0.05, 0) is 64.8 Å². The van der Waals surface area contributed by atoms with Crippen LogP contribution in [-0.4, -0.2) is 30.6 Å². The number of nitrogens with one attached hydrogen (secondary N) is 3. The number of nitrogens with zero attached hydrogens (tertiary/aromatic N) is 1. The minimum Gasteiger partial charge on any atom is -0.456 e. The van der Waals surface area contributed by atoms with Crippen molar-refractivity contribution < 1.29 is 36.0 Å². The average Bonchev–Trinajstić information content (AvgIpc) is 3.59. The highest BCUT2D eigenvalue weighted by Crippen LogP contribution is 2.36. The lowest BCUT2D eigenvalue weighted by molar-refractivity contribution is -0.147. The number of carbonyl (C=O) groups is 2. The second-order valence-corrected chi connectivity index (χ2v) is 13.5. The number of allylic oxidation sites excluding steroid dienone is 2. The van der Waals surface area contributed by atoms with E-state index >= 15 is 0 Å². The third-order valence-electron chi connectivity index (χ3n) is 6.34. The summed E-state index contributed by atoms with van der Waals surface area (Å²) in [6.45, 7) is 0.948. The fourth-order valence-corrected chi connectivity index (χ4v) is 6.89. The molecule has 2 aromatic carbocycles. The number of esters is 1. The summed E-state index contributed by atoms with van der Waals surface area (Å²) >= 11 is 16.6. The number of rotatable bonds is 10. The molecule has 5 rings (SSSR count). The molecular formula is C27H20BrCl2FN4O8S2. The molecule has 0 bridgehead atoms. The van der Waals surface area contributed by atoms with E-state index in [0.29, 0.717) is 11.3 Å². The molecule has 3 aromatic rings. The summed E-state index contributed by atoms with van der Waals surface area (Å²) in [5.74, 6) is -3.35. The Morgan fingerprint density at radius 1 is 1.20 bits per heavy atom. The van der Waals surface area contributed by atoms with E-state index in [1.165, 1.54) is 43.5 Å². The fraction of sp³-hybridized carbons (Fsp3) is 0.148. The molecule has 1 atom stereocenters. The van der Waals surface area contributed by atoms with E-state index in [9.17, 15) is 27.2 Å². The maximum atomic E-state index is 13.9. The van der Waals surface area contributed by atoms with Crippen molar-refractivity contribution in [3.8, 4) is 0 Å². The molecule has 1 amide bonds. The maximum absolute atomic E-state index is 13.9. The van der Waals surface area contributed by atoms with Gasteiger partial charge in [-0.2, -0.15) is 0 Å². The maximum Gasteiger partial charge on any atom is 0.519 e. The predicted molar refractivity (Wildman–Crippen MR) is 168 cm³/mol. The molecule has 2 aliphatic rings. The standard InChI is InChI=1S/C27H20BrCl2FN4O8S2/c1-13-23(43-27(38)42-13)12-41-26(37)21(8-14-4-5-19(31)16(28)7-14)33-25(36)15-9-17(29)18(30)10-20(15)34-45(39,40)24-3-2-6-35-22(24)11-32-44-35/h2-7,9-11,21,32,34H,8,12H2,1H3,(H,33,36). The van der Waals surface area contributed by atoms with E-state index in [1.807, 2.05) is 0 Å². The van der Waals surface area contributed by atoms with Crippen LogP contribution in [0.25, 0.3) is 0 Å². The molecule has 0 aliphatic carbocycles. The van der Waals surface area contributed by atoms with Crippen molar-refractivity contribution in [1.29, 1.82) is 0 Å². The highest BCUT2D eigenvalue weighted by molar-refractivity contribution is 9.10. The van der Waals surface area contributed by atoms with Crippen LogP contribution in [0, 0.1) is 12.7 Å². The third-order valence-corrected chi connectivity index (χ3v) is 9.82. The monoisotopic (exact) mass is 760 g/mol. The second kappa shape index (κ2) is 13.3. The number of sulfonamides is 1. The summed E-state index contributed by atoms with van der Waals surface area (Å²) in [7, 11) is -4.28. The van der Waals surface area contributed by atoms with Crippen LogP contribution in [0.4, 0.5) is 10.1 Å². The first-order chi connectivity index (χ1) is 21.3. The first-order valence-corrected chi connectivity index (χ1v) is 16.5. The van der Waals surface area contributed by atoms with Crippen LogP contribution in [0.15, 0.2) is 83.6 Å². The minimum absolute atomic E-state index is 0.0412. The molecule has 0 fully saturated rings. The molecule has 1 unspecified atom stereocenters. The first-order valence-electron chi connectivity index (χ1n) is 12.7. The Hall–Kier alpha value is -3.70. The molecule has 0 spiro atoms. The van der Waals surface area contributed by atoms with Gasteiger partial charge in [0.1, 0.15) is 16.8 Å². The summed E-state index contributed by atoms with van der Waals surface area (Å²) in [6, 6.07) is 4.91. The van der Waals surface area contributed by atoms with E-state index in [1.54, 1.807) is 10.5 Å². The van der Waals surface area contributed by atoms with Crippen LogP contribution in [0.5, 0.6) is 0 Å². The van der Waals surface area contributed by atoms with E-state index in [-0.39, 0.29) is 48.6 Å². The Kier molecular flexibility index (Phi) is 9.69. The Balaban J connectivity index is 1.43. The molecule has 0 saturated carbocycles. The largest absolute Gasteiger partial charge is 0.519 e. The number of fused-ring (bicyclic) bond motifs is 1. The summed E-state index contributed by atoms with van der Waals surface area (Å²) < 4.78 is 62.7. The van der Waals surface area contributed by atoms with Gasteiger partial charge in [0.2, 0.25) is 0 Å². The number of ether oxygens (including phenoxy) is 1. The van der Waals surface area contributed by atoms with E-state index in [4.69, 9.17) is 36.8 Å². The topological polar surface area (TPSA) is 160 Å². The van der Waals surface area contributed by atoms with Crippen LogP contribution < -0.4 is 20.6 Å².